The van der Waals surface area contributed by atoms with E-state index in [2.05, 4.69) is 0 Å². The Labute approximate surface area is 122 Å². The summed E-state index contributed by atoms with van der Waals surface area (Å²) in [6, 6.07) is 10.6. The molecule has 2 aromatic carbocycles. The van der Waals surface area contributed by atoms with Crippen LogP contribution in [0.3, 0.4) is 0 Å². The van der Waals surface area contributed by atoms with Gasteiger partial charge in [-0.1, -0.05) is 23.7 Å². The van der Waals surface area contributed by atoms with Gasteiger partial charge >= 0.3 is 0 Å². The summed E-state index contributed by atoms with van der Waals surface area (Å²) in [5.41, 5.74) is 7.18. The molecule has 0 amide bonds. The van der Waals surface area contributed by atoms with Gasteiger partial charge in [0.05, 0.1) is 13.7 Å². The van der Waals surface area contributed by atoms with Gasteiger partial charge in [-0.05, 0) is 35.4 Å². The Bertz CT molecular complexity index is 602. The van der Waals surface area contributed by atoms with E-state index in [9.17, 15) is 0 Å². The van der Waals surface area contributed by atoms with E-state index in [1.165, 1.54) is 0 Å². The number of halogens is 1. The molecule has 0 aliphatic heterocycles. The molecule has 4 nitrogen and oxygen atoms in total. The van der Waals surface area contributed by atoms with E-state index < -0.39 is 0 Å². The molecule has 20 heavy (non-hydrogen) atoms. The van der Waals surface area contributed by atoms with Crippen LogP contribution in [0.1, 0.15) is 11.1 Å². The van der Waals surface area contributed by atoms with E-state index in [4.69, 9.17) is 31.9 Å². The van der Waals surface area contributed by atoms with Crippen molar-refractivity contribution in [1.29, 1.82) is 0 Å². The molecule has 0 saturated carbocycles. The van der Waals surface area contributed by atoms with Crippen LogP contribution >= 0.6 is 11.6 Å². The molecule has 0 heterocycles. The molecule has 0 fully saturated rings. The van der Waals surface area contributed by atoms with Gasteiger partial charge in [0.1, 0.15) is 5.75 Å². The van der Waals surface area contributed by atoms with Crippen LogP contribution in [0.5, 0.6) is 17.2 Å². The normalized spacial score (nSPS) is 10.4. The smallest absolute Gasteiger partial charge is 0.169 e. The Morgan fingerprint density at radius 1 is 1.15 bits per heavy atom. The first-order valence-corrected chi connectivity index (χ1v) is 6.50. The van der Waals surface area contributed by atoms with E-state index in [1.54, 1.807) is 37.4 Å². The van der Waals surface area contributed by atoms with Gasteiger partial charge in [0, 0.05) is 11.6 Å². The van der Waals surface area contributed by atoms with Crippen LogP contribution in [0, 0.1) is 0 Å². The maximum atomic E-state index is 9.11. The third-order valence-corrected chi connectivity index (χ3v) is 3.23. The summed E-state index contributed by atoms with van der Waals surface area (Å²) in [6.45, 7) is 0.335. The Morgan fingerprint density at radius 3 is 2.55 bits per heavy atom. The zero-order valence-corrected chi connectivity index (χ0v) is 11.9. The molecule has 106 valence electrons. The highest BCUT2D eigenvalue weighted by molar-refractivity contribution is 6.31. The summed E-state index contributed by atoms with van der Waals surface area (Å²) in [6.07, 6.45) is 0. The lowest BCUT2D eigenvalue weighted by Gasteiger charge is -2.12. The zero-order valence-electron chi connectivity index (χ0n) is 11.1. The Balaban J connectivity index is 2.27. The van der Waals surface area contributed by atoms with Crippen molar-refractivity contribution < 1.29 is 14.6 Å². The lowest BCUT2D eigenvalue weighted by molar-refractivity contribution is 0.280. The second-order valence-corrected chi connectivity index (χ2v) is 4.61. The summed E-state index contributed by atoms with van der Waals surface area (Å²) in [5, 5.41) is 9.67. The van der Waals surface area contributed by atoms with Crippen LogP contribution < -0.4 is 15.2 Å². The molecule has 0 spiro atoms. The topological polar surface area (TPSA) is 64.7 Å². The van der Waals surface area contributed by atoms with Gasteiger partial charge in [0.2, 0.25) is 0 Å². The molecule has 0 saturated heterocycles. The fraction of sp³-hybridized carbons (Fsp3) is 0.200. The molecule has 0 aliphatic rings. The van der Waals surface area contributed by atoms with E-state index in [0.717, 1.165) is 11.1 Å². The SMILES string of the molecule is COc1cc(CO)ccc1Oc1ccc(CN)c(Cl)c1. The van der Waals surface area contributed by atoms with Crippen molar-refractivity contribution in [3.63, 3.8) is 0 Å². The number of methoxy groups -OCH3 is 1. The van der Waals surface area contributed by atoms with Gasteiger partial charge in [0.15, 0.2) is 11.5 Å². The van der Waals surface area contributed by atoms with E-state index in [0.29, 0.717) is 28.8 Å². The quantitative estimate of drug-likeness (QED) is 0.889. The van der Waals surface area contributed by atoms with Gasteiger partial charge in [-0.2, -0.15) is 0 Å². The summed E-state index contributed by atoms with van der Waals surface area (Å²) < 4.78 is 11.0. The van der Waals surface area contributed by atoms with E-state index >= 15 is 0 Å². The van der Waals surface area contributed by atoms with E-state index in [-0.39, 0.29) is 6.61 Å². The monoisotopic (exact) mass is 293 g/mol. The fourth-order valence-electron chi connectivity index (χ4n) is 1.78. The molecule has 5 heteroatoms. The first kappa shape index (κ1) is 14.7. The summed E-state index contributed by atoms with van der Waals surface area (Å²) in [5.74, 6) is 1.71. The summed E-state index contributed by atoms with van der Waals surface area (Å²) >= 11 is 6.09. The number of benzene rings is 2. The fourth-order valence-corrected chi connectivity index (χ4v) is 2.03. The van der Waals surface area contributed by atoms with Crippen molar-refractivity contribution in [2.75, 3.05) is 7.11 Å². The van der Waals surface area contributed by atoms with Gasteiger partial charge < -0.3 is 20.3 Å². The summed E-state index contributed by atoms with van der Waals surface area (Å²) in [4.78, 5) is 0. The maximum Gasteiger partial charge on any atom is 0.169 e. The highest BCUT2D eigenvalue weighted by Crippen LogP contribution is 2.33. The zero-order chi connectivity index (χ0) is 14.5. The van der Waals surface area contributed by atoms with Crippen LogP contribution in [-0.4, -0.2) is 12.2 Å². The predicted octanol–water partition coefficient (Wildman–Crippen LogP) is 3.09. The highest BCUT2D eigenvalue weighted by atomic mass is 35.5. The van der Waals surface area contributed by atoms with Crippen molar-refractivity contribution in [2.24, 2.45) is 5.73 Å². The molecular formula is C15H16ClNO3. The maximum absolute atomic E-state index is 9.11. The van der Waals surface area contributed by atoms with Crippen molar-refractivity contribution in [3.8, 4) is 17.2 Å². The number of nitrogens with two attached hydrogens (primary N) is 1. The van der Waals surface area contributed by atoms with Crippen molar-refractivity contribution in [2.45, 2.75) is 13.2 Å². The second-order valence-electron chi connectivity index (χ2n) is 4.20. The first-order chi connectivity index (χ1) is 9.67. The third-order valence-electron chi connectivity index (χ3n) is 2.88. The lowest BCUT2D eigenvalue weighted by Crippen LogP contribution is -1.97. The minimum Gasteiger partial charge on any atom is -0.493 e. The van der Waals surface area contributed by atoms with E-state index in [1.807, 2.05) is 6.07 Å². The standard InChI is InChI=1S/C15H16ClNO3/c1-19-15-6-10(9-18)2-5-14(15)20-12-4-3-11(8-17)13(16)7-12/h2-7,18H,8-9,17H2,1H3. The second kappa shape index (κ2) is 6.61. The number of rotatable bonds is 5. The van der Waals surface area contributed by atoms with Crippen LogP contribution in [-0.2, 0) is 13.2 Å². The Morgan fingerprint density at radius 2 is 1.95 bits per heavy atom. The molecule has 0 bridgehead atoms. The van der Waals surface area contributed by atoms with Crippen LogP contribution in [0.4, 0.5) is 0 Å². The third kappa shape index (κ3) is 3.22. The molecule has 2 aromatic rings. The number of aliphatic hydroxyl groups is 1. The van der Waals surface area contributed by atoms with Crippen LogP contribution in [0.25, 0.3) is 0 Å². The first-order valence-electron chi connectivity index (χ1n) is 6.12. The van der Waals surface area contributed by atoms with Gasteiger partial charge in [-0.25, -0.2) is 0 Å². The molecule has 0 atom stereocenters. The number of ether oxygens (including phenoxy) is 2. The van der Waals surface area contributed by atoms with Crippen molar-refractivity contribution in [3.05, 3.63) is 52.5 Å². The molecule has 0 aliphatic carbocycles. The predicted molar refractivity (Wildman–Crippen MR) is 78.3 cm³/mol. The summed E-state index contributed by atoms with van der Waals surface area (Å²) in [7, 11) is 1.55. The molecule has 0 radical (unpaired) electrons. The minimum atomic E-state index is -0.0480. The van der Waals surface area contributed by atoms with Crippen LogP contribution in [0.2, 0.25) is 5.02 Å². The van der Waals surface area contributed by atoms with Gasteiger partial charge in [-0.3, -0.25) is 0 Å². The number of aliphatic hydroxyl groups excluding tert-OH is 1. The molecule has 0 aromatic heterocycles. The van der Waals surface area contributed by atoms with Gasteiger partial charge in [-0.15, -0.1) is 0 Å². The van der Waals surface area contributed by atoms with Gasteiger partial charge in [0.25, 0.3) is 0 Å². The van der Waals surface area contributed by atoms with Crippen molar-refractivity contribution >= 4 is 11.6 Å². The van der Waals surface area contributed by atoms with Crippen molar-refractivity contribution in [1.82, 2.24) is 0 Å². The largest absolute Gasteiger partial charge is 0.493 e. The number of hydrogen-bond donors (Lipinski definition) is 2. The molecular weight excluding hydrogens is 278 g/mol. The molecule has 3 N–H and O–H groups in total. The van der Waals surface area contributed by atoms with Crippen LogP contribution in [0.15, 0.2) is 36.4 Å². The Kier molecular flexibility index (Phi) is 4.84. The average Bonchev–Trinajstić information content (AvgIpc) is 2.48. The molecule has 2 rings (SSSR count). The minimum absolute atomic E-state index is 0.0480. The average molecular weight is 294 g/mol. The number of hydrogen-bond acceptors (Lipinski definition) is 4. The highest BCUT2D eigenvalue weighted by Gasteiger charge is 2.08. The Hall–Kier alpha value is -1.75. The lowest BCUT2D eigenvalue weighted by atomic mass is 10.2. The molecule has 0 unspecified atom stereocenters.